The van der Waals surface area contributed by atoms with Gasteiger partial charge >= 0.3 is 0 Å². The largest absolute Gasteiger partial charge is 0.204 e. The van der Waals surface area contributed by atoms with Gasteiger partial charge in [0, 0.05) is 9.52 Å². The van der Waals surface area contributed by atoms with Crippen molar-refractivity contribution in [3.8, 4) is 0 Å². The summed E-state index contributed by atoms with van der Waals surface area (Å²) in [4.78, 5) is 0. The smallest absolute Gasteiger partial charge is 0.159 e. The summed E-state index contributed by atoms with van der Waals surface area (Å²) in [6.07, 6.45) is 10.8. The minimum Gasteiger partial charge on any atom is -0.204 e. The molecule has 0 heterocycles. The van der Waals surface area contributed by atoms with Crippen LogP contribution in [0.4, 0.5) is 8.78 Å². The maximum Gasteiger partial charge on any atom is 0.159 e. The third-order valence-corrected chi connectivity index (χ3v) is 8.65. The highest BCUT2D eigenvalue weighted by atomic mass is 28.2. The molecule has 0 unspecified atom stereocenters. The SMILES string of the molecule is CC[SiH2]C1CCC(C2CCC(c3ccc(F)c(F)c3)CC2)CC1. The minimum absolute atomic E-state index is 0.208. The van der Waals surface area contributed by atoms with Crippen LogP contribution in [0, 0.1) is 23.5 Å². The second kappa shape index (κ2) is 7.91. The van der Waals surface area contributed by atoms with E-state index >= 15 is 0 Å². The zero-order valence-electron chi connectivity index (χ0n) is 14.4. The highest BCUT2D eigenvalue weighted by Gasteiger charge is 2.31. The molecule has 2 aliphatic carbocycles. The van der Waals surface area contributed by atoms with E-state index in [1.807, 2.05) is 0 Å². The fourth-order valence-electron chi connectivity index (χ4n) is 5.05. The van der Waals surface area contributed by atoms with Crippen LogP contribution < -0.4 is 0 Å². The molecule has 2 fully saturated rings. The van der Waals surface area contributed by atoms with Crippen LogP contribution in [0.5, 0.6) is 0 Å². The zero-order valence-corrected chi connectivity index (χ0v) is 15.8. The highest BCUT2D eigenvalue weighted by molar-refractivity contribution is 6.37. The Hall–Kier alpha value is -0.703. The van der Waals surface area contributed by atoms with E-state index < -0.39 is 11.6 Å². The summed E-state index contributed by atoms with van der Waals surface area (Å²) in [5.41, 5.74) is 2.12. The first kappa shape index (κ1) is 17.1. The molecule has 0 atom stereocenters. The van der Waals surface area contributed by atoms with Crippen LogP contribution in [-0.4, -0.2) is 9.52 Å². The molecule has 3 rings (SSSR count). The summed E-state index contributed by atoms with van der Waals surface area (Å²) in [5.74, 6) is 0.854. The lowest BCUT2D eigenvalue weighted by atomic mass is 9.70. The van der Waals surface area contributed by atoms with Crippen molar-refractivity contribution in [2.24, 2.45) is 11.8 Å². The second-order valence-electron chi connectivity index (χ2n) is 7.85. The van der Waals surface area contributed by atoms with Crippen LogP contribution in [-0.2, 0) is 0 Å². The first-order chi connectivity index (χ1) is 11.2. The van der Waals surface area contributed by atoms with Crippen LogP contribution in [0.3, 0.4) is 0 Å². The molecule has 0 bridgehead atoms. The van der Waals surface area contributed by atoms with Gasteiger partial charge in [0.1, 0.15) is 0 Å². The number of hydrogen-bond acceptors (Lipinski definition) is 0. The van der Waals surface area contributed by atoms with Crippen molar-refractivity contribution < 1.29 is 8.78 Å². The predicted octanol–water partition coefficient (Wildman–Crippen LogP) is 5.82. The molecule has 0 spiro atoms. The Bertz CT molecular complexity index is 500. The molecule has 128 valence electrons. The van der Waals surface area contributed by atoms with E-state index in [1.54, 1.807) is 6.07 Å². The lowest BCUT2D eigenvalue weighted by molar-refractivity contribution is 0.185. The molecule has 1 aromatic carbocycles. The Morgan fingerprint density at radius 3 is 2.04 bits per heavy atom. The van der Waals surface area contributed by atoms with Crippen LogP contribution in [0.25, 0.3) is 0 Å². The lowest BCUT2D eigenvalue weighted by Crippen LogP contribution is -2.25. The fraction of sp³-hybridized carbons (Fsp3) is 0.700. The van der Waals surface area contributed by atoms with Crippen LogP contribution in [0.2, 0.25) is 11.6 Å². The molecule has 0 amide bonds. The second-order valence-corrected chi connectivity index (χ2v) is 10.6. The molecular formula is C20H30F2Si. The molecular weight excluding hydrogens is 306 g/mol. The van der Waals surface area contributed by atoms with Crippen molar-refractivity contribution >= 4 is 9.52 Å². The summed E-state index contributed by atoms with van der Waals surface area (Å²) in [6.45, 7) is 2.36. The molecule has 0 aromatic heterocycles. The van der Waals surface area contributed by atoms with E-state index in [-0.39, 0.29) is 9.52 Å². The van der Waals surface area contributed by atoms with Gasteiger partial charge in [0.15, 0.2) is 11.6 Å². The van der Waals surface area contributed by atoms with Gasteiger partial charge in [-0.1, -0.05) is 50.3 Å². The molecule has 0 N–H and O–H groups in total. The van der Waals surface area contributed by atoms with Crippen LogP contribution in [0.1, 0.15) is 69.8 Å². The Balaban J connectivity index is 1.50. The molecule has 2 aliphatic rings. The van der Waals surface area contributed by atoms with E-state index in [2.05, 4.69) is 6.92 Å². The molecule has 3 heteroatoms. The first-order valence-electron chi connectivity index (χ1n) is 9.62. The third kappa shape index (κ3) is 4.23. The molecule has 2 saturated carbocycles. The van der Waals surface area contributed by atoms with E-state index in [9.17, 15) is 8.78 Å². The van der Waals surface area contributed by atoms with E-state index in [1.165, 1.54) is 56.7 Å². The van der Waals surface area contributed by atoms with Crippen molar-refractivity contribution in [1.29, 1.82) is 0 Å². The van der Waals surface area contributed by atoms with Gasteiger partial charge < -0.3 is 0 Å². The molecule has 1 aromatic rings. The van der Waals surface area contributed by atoms with Crippen molar-refractivity contribution in [3.63, 3.8) is 0 Å². The van der Waals surface area contributed by atoms with Crippen molar-refractivity contribution in [1.82, 2.24) is 0 Å². The molecule has 23 heavy (non-hydrogen) atoms. The van der Waals surface area contributed by atoms with Gasteiger partial charge in [-0.25, -0.2) is 8.78 Å². The topological polar surface area (TPSA) is 0 Å². The normalized spacial score (nSPS) is 32.5. The maximum atomic E-state index is 13.4. The van der Waals surface area contributed by atoms with Gasteiger partial charge in [-0.2, -0.15) is 0 Å². The predicted molar refractivity (Wildman–Crippen MR) is 95.8 cm³/mol. The van der Waals surface area contributed by atoms with Crippen molar-refractivity contribution in [2.75, 3.05) is 0 Å². The Kier molecular flexibility index (Phi) is 5.89. The van der Waals surface area contributed by atoms with Gasteiger partial charge in [-0.05, 0) is 61.1 Å². The van der Waals surface area contributed by atoms with Gasteiger partial charge in [-0.3, -0.25) is 0 Å². The summed E-state index contributed by atoms with van der Waals surface area (Å²) in [7, 11) is 0.208. The van der Waals surface area contributed by atoms with Gasteiger partial charge in [0.25, 0.3) is 0 Å². The molecule has 0 aliphatic heterocycles. The lowest BCUT2D eigenvalue weighted by Gasteiger charge is -2.38. The van der Waals surface area contributed by atoms with Gasteiger partial charge in [0.05, 0.1) is 0 Å². The molecule has 0 nitrogen and oxygen atoms in total. The third-order valence-electron chi connectivity index (χ3n) is 6.44. The quantitative estimate of drug-likeness (QED) is 0.607. The Labute approximate surface area is 141 Å². The minimum atomic E-state index is -0.727. The Morgan fingerprint density at radius 1 is 0.870 bits per heavy atom. The standard InChI is InChI=1S/C20H30F2Si/c1-2-23-18-10-7-15(8-11-18)14-3-5-16(6-4-14)17-9-12-19(21)20(22)13-17/h9,12-16,18H,2-8,10-11,23H2,1H3. The Morgan fingerprint density at radius 2 is 1.48 bits per heavy atom. The maximum absolute atomic E-state index is 13.4. The van der Waals surface area contributed by atoms with E-state index in [0.29, 0.717) is 5.92 Å². The summed E-state index contributed by atoms with van der Waals surface area (Å²) in [6, 6.07) is 5.95. The van der Waals surface area contributed by atoms with E-state index in [0.717, 1.165) is 35.8 Å². The average molecular weight is 337 g/mol. The summed E-state index contributed by atoms with van der Waals surface area (Å²) < 4.78 is 26.5. The van der Waals surface area contributed by atoms with Crippen LogP contribution >= 0.6 is 0 Å². The number of rotatable bonds is 4. The number of halogens is 2. The molecule has 0 radical (unpaired) electrons. The number of benzene rings is 1. The zero-order chi connectivity index (χ0) is 16.2. The molecule has 0 saturated heterocycles. The summed E-state index contributed by atoms with van der Waals surface area (Å²) in [5, 5.41) is 0. The van der Waals surface area contributed by atoms with Crippen molar-refractivity contribution in [3.05, 3.63) is 35.4 Å². The first-order valence-corrected chi connectivity index (χ1v) is 11.4. The van der Waals surface area contributed by atoms with Gasteiger partial charge in [-0.15, -0.1) is 0 Å². The monoisotopic (exact) mass is 336 g/mol. The highest BCUT2D eigenvalue weighted by Crippen LogP contribution is 2.45. The fourth-order valence-corrected chi connectivity index (χ4v) is 6.91. The summed E-state index contributed by atoms with van der Waals surface area (Å²) >= 11 is 0. The van der Waals surface area contributed by atoms with Crippen molar-refractivity contribution in [2.45, 2.75) is 75.8 Å². The average Bonchev–Trinajstić information content (AvgIpc) is 2.59. The number of hydrogen-bond donors (Lipinski definition) is 0. The van der Waals surface area contributed by atoms with E-state index in [4.69, 9.17) is 0 Å². The van der Waals surface area contributed by atoms with Gasteiger partial charge in [0.2, 0.25) is 0 Å². The van der Waals surface area contributed by atoms with Crippen LogP contribution in [0.15, 0.2) is 18.2 Å².